The topological polar surface area (TPSA) is 57.7 Å². The number of rotatable bonds is 3. The molecule has 0 radical (unpaired) electrons. The number of anilines is 1. The van der Waals surface area contributed by atoms with E-state index < -0.39 is 10.0 Å². The SMILES string of the molecule is CC1CCN(S(=O)(=O)c2ccc3c(c2)C[C@H](C)N3C(=O)C2CCC2)CC1. The van der Waals surface area contributed by atoms with Crippen LogP contribution >= 0.6 is 0 Å². The van der Waals surface area contributed by atoms with Gasteiger partial charge in [-0.1, -0.05) is 13.3 Å². The van der Waals surface area contributed by atoms with Crippen LogP contribution in [0.1, 0.15) is 51.5 Å². The van der Waals surface area contributed by atoms with Crippen LogP contribution in [0.25, 0.3) is 0 Å². The minimum atomic E-state index is -3.44. The van der Waals surface area contributed by atoms with E-state index in [1.54, 1.807) is 16.4 Å². The first kappa shape index (κ1) is 18.0. The third-order valence-corrected chi connectivity index (χ3v) is 8.23. The number of hydrogen-bond acceptors (Lipinski definition) is 3. The first-order chi connectivity index (χ1) is 12.4. The van der Waals surface area contributed by atoms with E-state index in [0.717, 1.165) is 49.8 Å². The van der Waals surface area contributed by atoms with Gasteiger partial charge < -0.3 is 4.90 Å². The van der Waals surface area contributed by atoms with Gasteiger partial charge in [0.2, 0.25) is 15.9 Å². The summed E-state index contributed by atoms with van der Waals surface area (Å²) in [4.78, 5) is 15.0. The molecule has 1 saturated carbocycles. The molecule has 4 rings (SSSR count). The Kier molecular flexibility index (Phi) is 4.59. The minimum absolute atomic E-state index is 0.104. The van der Waals surface area contributed by atoms with Crippen molar-refractivity contribution in [3.05, 3.63) is 23.8 Å². The van der Waals surface area contributed by atoms with Crippen LogP contribution in [0, 0.1) is 11.8 Å². The highest BCUT2D eigenvalue weighted by Gasteiger charge is 2.38. The van der Waals surface area contributed by atoms with E-state index in [-0.39, 0.29) is 17.9 Å². The van der Waals surface area contributed by atoms with Crippen molar-refractivity contribution < 1.29 is 13.2 Å². The molecule has 0 unspecified atom stereocenters. The van der Waals surface area contributed by atoms with Crippen LogP contribution in [0.5, 0.6) is 0 Å². The number of amides is 1. The molecule has 6 heteroatoms. The summed E-state index contributed by atoms with van der Waals surface area (Å²) < 4.78 is 27.6. The van der Waals surface area contributed by atoms with Gasteiger partial charge in [-0.05, 0) is 68.7 Å². The molecule has 1 aromatic carbocycles. The number of carbonyl (C=O) groups is 1. The van der Waals surface area contributed by atoms with Crippen LogP contribution in [-0.2, 0) is 21.2 Å². The summed E-state index contributed by atoms with van der Waals surface area (Å²) in [6.07, 6.45) is 5.68. The molecule has 2 fully saturated rings. The van der Waals surface area contributed by atoms with Gasteiger partial charge in [0, 0.05) is 30.7 Å². The van der Waals surface area contributed by atoms with Gasteiger partial charge in [-0.15, -0.1) is 0 Å². The van der Waals surface area contributed by atoms with Gasteiger partial charge in [-0.3, -0.25) is 4.79 Å². The molecular weight excluding hydrogens is 348 g/mol. The summed E-state index contributed by atoms with van der Waals surface area (Å²) in [6, 6.07) is 5.43. The molecule has 0 N–H and O–H groups in total. The molecule has 1 aromatic rings. The minimum Gasteiger partial charge on any atom is -0.309 e. The Balaban J connectivity index is 1.60. The first-order valence-electron chi connectivity index (χ1n) is 9.84. The lowest BCUT2D eigenvalue weighted by Gasteiger charge is -2.32. The van der Waals surface area contributed by atoms with E-state index >= 15 is 0 Å². The van der Waals surface area contributed by atoms with Crippen molar-refractivity contribution in [2.45, 2.75) is 63.3 Å². The molecule has 2 heterocycles. The Morgan fingerprint density at radius 1 is 1.08 bits per heavy atom. The molecule has 5 nitrogen and oxygen atoms in total. The summed E-state index contributed by atoms with van der Waals surface area (Å²) in [5.74, 6) is 0.957. The zero-order chi connectivity index (χ0) is 18.5. The van der Waals surface area contributed by atoms with Crippen molar-refractivity contribution in [1.82, 2.24) is 4.31 Å². The Hall–Kier alpha value is -1.40. The van der Waals surface area contributed by atoms with Gasteiger partial charge in [0.15, 0.2) is 0 Å². The normalized spacial score (nSPS) is 25.2. The van der Waals surface area contributed by atoms with Crippen LogP contribution in [0.15, 0.2) is 23.1 Å². The highest BCUT2D eigenvalue weighted by molar-refractivity contribution is 7.89. The maximum Gasteiger partial charge on any atom is 0.243 e. The molecule has 1 atom stereocenters. The Morgan fingerprint density at radius 3 is 2.38 bits per heavy atom. The highest BCUT2D eigenvalue weighted by Crippen LogP contribution is 2.38. The average molecular weight is 377 g/mol. The van der Waals surface area contributed by atoms with Crippen molar-refractivity contribution >= 4 is 21.6 Å². The third-order valence-electron chi connectivity index (χ3n) is 6.34. The molecule has 0 aromatic heterocycles. The Morgan fingerprint density at radius 2 is 1.77 bits per heavy atom. The third kappa shape index (κ3) is 2.97. The standard InChI is InChI=1S/C20H28N2O3S/c1-14-8-10-21(11-9-14)26(24,25)18-6-7-19-17(13-18)12-15(2)22(19)20(23)16-4-3-5-16/h6-7,13-16H,3-5,8-12H2,1-2H3/t15-/m0/s1. The molecule has 1 amide bonds. The predicted octanol–water partition coefficient (Wildman–Crippen LogP) is 3.18. The van der Waals surface area contributed by atoms with Crippen LogP contribution in [0.4, 0.5) is 5.69 Å². The van der Waals surface area contributed by atoms with E-state index in [1.807, 2.05) is 11.0 Å². The Bertz CT molecular complexity index is 808. The van der Waals surface area contributed by atoms with Gasteiger partial charge in [0.25, 0.3) is 0 Å². The predicted molar refractivity (Wildman–Crippen MR) is 102 cm³/mol. The lowest BCUT2D eigenvalue weighted by molar-refractivity contribution is -0.125. The second-order valence-electron chi connectivity index (χ2n) is 8.27. The van der Waals surface area contributed by atoms with Gasteiger partial charge in [-0.25, -0.2) is 8.42 Å². The summed E-state index contributed by atoms with van der Waals surface area (Å²) in [5.41, 5.74) is 1.89. The van der Waals surface area contributed by atoms with Gasteiger partial charge in [0.1, 0.15) is 0 Å². The fourth-order valence-corrected chi connectivity index (χ4v) is 5.85. The molecule has 3 aliphatic rings. The maximum atomic E-state index is 13.0. The molecular formula is C20H28N2O3S. The monoisotopic (exact) mass is 376 g/mol. The highest BCUT2D eigenvalue weighted by atomic mass is 32.2. The molecule has 142 valence electrons. The zero-order valence-corrected chi connectivity index (χ0v) is 16.5. The van der Waals surface area contributed by atoms with E-state index in [4.69, 9.17) is 0 Å². The number of fused-ring (bicyclic) bond motifs is 1. The largest absolute Gasteiger partial charge is 0.309 e. The number of sulfonamides is 1. The van der Waals surface area contributed by atoms with Crippen LogP contribution in [0.2, 0.25) is 0 Å². The van der Waals surface area contributed by atoms with Gasteiger partial charge >= 0.3 is 0 Å². The molecule has 26 heavy (non-hydrogen) atoms. The number of carbonyl (C=O) groups excluding carboxylic acids is 1. The maximum absolute atomic E-state index is 13.0. The van der Waals surface area contributed by atoms with Crippen LogP contribution in [-0.4, -0.2) is 37.8 Å². The lowest BCUT2D eigenvalue weighted by Crippen LogP contribution is -2.42. The summed E-state index contributed by atoms with van der Waals surface area (Å²) in [5, 5.41) is 0. The molecule has 1 aliphatic carbocycles. The van der Waals surface area contributed by atoms with Crippen molar-refractivity contribution in [3.8, 4) is 0 Å². The van der Waals surface area contributed by atoms with E-state index in [1.165, 1.54) is 0 Å². The average Bonchev–Trinajstić information content (AvgIpc) is 2.88. The fraction of sp³-hybridized carbons (Fsp3) is 0.650. The van der Waals surface area contributed by atoms with E-state index in [9.17, 15) is 13.2 Å². The van der Waals surface area contributed by atoms with Crippen molar-refractivity contribution in [1.29, 1.82) is 0 Å². The molecule has 1 saturated heterocycles. The summed E-state index contributed by atoms with van der Waals surface area (Å²) in [7, 11) is -3.44. The quantitative estimate of drug-likeness (QED) is 0.814. The van der Waals surface area contributed by atoms with Gasteiger partial charge in [0.05, 0.1) is 4.90 Å². The van der Waals surface area contributed by atoms with E-state index in [2.05, 4.69) is 13.8 Å². The molecule has 0 spiro atoms. The number of hydrogen-bond donors (Lipinski definition) is 0. The second-order valence-corrected chi connectivity index (χ2v) is 10.2. The molecule has 0 bridgehead atoms. The fourth-order valence-electron chi connectivity index (χ4n) is 4.33. The first-order valence-corrected chi connectivity index (χ1v) is 11.3. The van der Waals surface area contributed by atoms with Gasteiger partial charge in [-0.2, -0.15) is 4.31 Å². The number of piperidine rings is 1. The summed E-state index contributed by atoms with van der Waals surface area (Å²) in [6.45, 7) is 5.43. The summed E-state index contributed by atoms with van der Waals surface area (Å²) >= 11 is 0. The lowest BCUT2D eigenvalue weighted by atomic mass is 9.84. The van der Waals surface area contributed by atoms with Crippen molar-refractivity contribution in [2.24, 2.45) is 11.8 Å². The van der Waals surface area contributed by atoms with Crippen LogP contribution in [0.3, 0.4) is 0 Å². The zero-order valence-electron chi connectivity index (χ0n) is 15.6. The number of benzene rings is 1. The number of nitrogens with zero attached hydrogens (tertiary/aromatic N) is 2. The van der Waals surface area contributed by atoms with Crippen molar-refractivity contribution in [3.63, 3.8) is 0 Å². The van der Waals surface area contributed by atoms with Crippen LogP contribution < -0.4 is 4.90 Å². The smallest absolute Gasteiger partial charge is 0.243 e. The second kappa shape index (κ2) is 6.64. The Labute approximate surface area is 156 Å². The van der Waals surface area contributed by atoms with E-state index in [0.29, 0.717) is 23.9 Å². The van der Waals surface area contributed by atoms with Crippen molar-refractivity contribution in [2.75, 3.05) is 18.0 Å². The molecule has 2 aliphatic heterocycles.